The van der Waals surface area contributed by atoms with Crippen LogP contribution in [0, 0.1) is 5.82 Å². The van der Waals surface area contributed by atoms with E-state index in [-0.39, 0.29) is 17.9 Å². The van der Waals surface area contributed by atoms with Crippen LogP contribution in [0.2, 0.25) is 0 Å². The van der Waals surface area contributed by atoms with Crippen LogP contribution < -0.4 is 5.32 Å². The summed E-state index contributed by atoms with van der Waals surface area (Å²) < 4.78 is 18.2. The normalized spacial score (nSPS) is 12.8. The van der Waals surface area contributed by atoms with E-state index in [0.717, 1.165) is 6.07 Å². The number of amides is 1. The van der Waals surface area contributed by atoms with E-state index in [1.54, 1.807) is 13.1 Å². The third-order valence-corrected chi connectivity index (χ3v) is 3.06. The first-order valence-corrected chi connectivity index (χ1v) is 7.26. The van der Waals surface area contributed by atoms with Crippen LogP contribution in [-0.4, -0.2) is 41.8 Å². The predicted molar refractivity (Wildman–Crippen MR) is 83.3 cm³/mol. The van der Waals surface area contributed by atoms with Crippen molar-refractivity contribution < 1.29 is 19.0 Å². The molecule has 0 saturated heterocycles. The lowest BCUT2D eigenvalue weighted by molar-refractivity contribution is 0.0299. The van der Waals surface area contributed by atoms with Crippen LogP contribution in [0.15, 0.2) is 18.2 Å². The fraction of sp³-hybridized carbons (Fsp3) is 0.562. The number of phenolic OH excluding ortho intramolecular Hbond substituents is 1. The van der Waals surface area contributed by atoms with Gasteiger partial charge in [-0.15, -0.1) is 0 Å². The Morgan fingerprint density at radius 3 is 2.64 bits per heavy atom. The van der Waals surface area contributed by atoms with Crippen LogP contribution in [0.25, 0.3) is 0 Å². The molecule has 1 unspecified atom stereocenters. The quantitative estimate of drug-likeness (QED) is 0.877. The molecule has 1 atom stereocenters. The molecule has 2 N–H and O–H groups in total. The molecule has 0 aliphatic carbocycles. The van der Waals surface area contributed by atoms with Crippen LogP contribution in [0.4, 0.5) is 9.18 Å². The zero-order valence-electron chi connectivity index (χ0n) is 13.8. The maximum atomic E-state index is 13.0. The van der Waals surface area contributed by atoms with E-state index < -0.39 is 11.4 Å². The number of ether oxygens (including phenoxy) is 1. The first kappa shape index (κ1) is 18.2. The zero-order valence-corrected chi connectivity index (χ0v) is 13.8. The Hall–Kier alpha value is -1.82. The van der Waals surface area contributed by atoms with Gasteiger partial charge in [-0.05, 0) is 33.8 Å². The Balaban J connectivity index is 2.44. The minimum atomic E-state index is -0.522. The van der Waals surface area contributed by atoms with Crippen LogP contribution in [0.3, 0.4) is 0 Å². The predicted octanol–water partition coefficient (Wildman–Crippen LogP) is 3.05. The number of nitrogens with one attached hydrogen (secondary N) is 1. The molecule has 0 bridgehead atoms. The lowest BCUT2D eigenvalue weighted by Crippen LogP contribution is -2.38. The van der Waals surface area contributed by atoms with Gasteiger partial charge < -0.3 is 20.1 Å². The molecule has 0 spiro atoms. The number of benzene rings is 1. The van der Waals surface area contributed by atoms with E-state index in [4.69, 9.17) is 4.74 Å². The van der Waals surface area contributed by atoms with Gasteiger partial charge in [0.15, 0.2) is 0 Å². The van der Waals surface area contributed by atoms with Gasteiger partial charge in [-0.2, -0.15) is 0 Å². The van der Waals surface area contributed by atoms with Crippen molar-refractivity contribution in [3.05, 3.63) is 29.6 Å². The van der Waals surface area contributed by atoms with E-state index in [0.29, 0.717) is 18.7 Å². The molecule has 0 fully saturated rings. The molecule has 0 aromatic heterocycles. The van der Waals surface area contributed by atoms with Crippen LogP contribution in [0.1, 0.15) is 39.3 Å². The van der Waals surface area contributed by atoms with Crippen molar-refractivity contribution in [2.75, 3.05) is 20.1 Å². The van der Waals surface area contributed by atoms with E-state index in [9.17, 15) is 14.3 Å². The van der Waals surface area contributed by atoms with Crippen molar-refractivity contribution in [1.82, 2.24) is 10.2 Å². The van der Waals surface area contributed by atoms with Crippen molar-refractivity contribution in [3.63, 3.8) is 0 Å². The number of phenols is 1. The molecule has 5 nitrogen and oxygen atoms in total. The SMILES string of the molecule is CC(NCCN(C)C(=O)OC(C)(C)C)c1ccc(F)cc1O. The maximum absolute atomic E-state index is 13.0. The van der Waals surface area contributed by atoms with E-state index in [1.165, 1.54) is 11.0 Å². The Morgan fingerprint density at radius 2 is 2.09 bits per heavy atom. The first-order chi connectivity index (χ1) is 10.1. The monoisotopic (exact) mass is 312 g/mol. The van der Waals surface area contributed by atoms with Gasteiger partial charge in [0.1, 0.15) is 17.2 Å². The van der Waals surface area contributed by atoms with Gasteiger partial charge in [0.2, 0.25) is 0 Å². The lowest BCUT2D eigenvalue weighted by Gasteiger charge is -2.25. The maximum Gasteiger partial charge on any atom is 0.410 e. The highest BCUT2D eigenvalue weighted by Crippen LogP contribution is 2.24. The van der Waals surface area contributed by atoms with Crippen molar-refractivity contribution in [3.8, 4) is 5.75 Å². The minimum absolute atomic E-state index is 0.0829. The van der Waals surface area contributed by atoms with Crippen molar-refractivity contribution in [2.24, 2.45) is 0 Å². The molecular weight excluding hydrogens is 287 g/mol. The summed E-state index contributed by atoms with van der Waals surface area (Å²) >= 11 is 0. The Kier molecular flexibility index (Phi) is 6.17. The highest BCUT2D eigenvalue weighted by Gasteiger charge is 2.19. The number of rotatable bonds is 5. The van der Waals surface area contributed by atoms with Gasteiger partial charge >= 0.3 is 6.09 Å². The van der Waals surface area contributed by atoms with E-state index in [2.05, 4.69) is 5.32 Å². The third-order valence-electron chi connectivity index (χ3n) is 3.06. The highest BCUT2D eigenvalue weighted by atomic mass is 19.1. The average molecular weight is 312 g/mol. The molecule has 0 saturated carbocycles. The number of aromatic hydroxyl groups is 1. The third kappa shape index (κ3) is 5.89. The molecule has 0 aliphatic heterocycles. The van der Waals surface area contributed by atoms with Crippen molar-refractivity contribution >= 4 is 6.09 Å². The standard InChI is InChI=1S/C16H25FN2O3/c1-11(13-7-6-12(17)10-14(13)20)18-8-9-19(5)15(21)22-16(2,3)4/h6-7,10-11,18,20H,8-9H2,1-5H3. The van der Waals surface area contributed by atoms with Gasteiger partial charge in [-0.3, -0.25) is 0 Å². The number of likely N-dealkylation sites (N-methyl/N-ethyl adjacent to an activating group) is 1. The van der Waals surface area contributed by atoms with Crippen LogP contribution in [0.5, 0.6) is 5.75 Å². The Bertz CT molecular complexity index is 515. The molecule has 1 aromatic carbocycles. The Morgan fingerprint density at radius 1 is 1.45 bits per heavy atom. The summed E-state index contributed by atoms with van der Waals surface area (Å²) in [5.41, 5.74) is 0.0905. The number of nitrogens with zero attached hydrogens (tertiary/aromatic N) is 1. The topological polar surface area (TPSA) is 61.8 Å². The zero-order chi connectivity index (χ0) is 16.9. The first-order valence-electron chi connectivity index (χ1n) is 7.26. The Labute approximate surface area is 131 Å². The largest absolute Gasteiger partial charge is 0.508 e. The molecule has 124 valence electrons. The molecule has 6 heteroatoms. The molecule has 0 radical (unpaired) electrons. The summed E-state index contributed by atoms with van der Waals surface area (Å²) in [6, 6.07) is 3.77. The van der Waals surface area contributed by atoms with E-state index in [1.807, 2.05) is 27.7 Å². The summed E-state index contributed by atoms with van der Waals surface area (Å²) in [7, 11) is 1.66. The summed E-state index contributed by atoms with van der Waals surface area (Å²) in [5, 5.41) is 12.9. The second-order valence-corrected chi connectivity index (χ2v) is 6.28. The number of hydrogen-bond donors (Lipinski definition) is 2. The summed E-state index contributed by atoms with van der Waals surface area (Å²) in [4.78, 5) is 13.3. The minimum Gasteiger partial charge on any atom is -0.508 e. The van der Waals surface area contributed by atoms with Crippen molar-refractivity contribution in [1.29, 1.82) is 0 Å². The van der Waals surface area contributed by atoms with Crippen LogP contribution >= 0.6 is 0 Å². The average Bonchev–Trinajstić information content (AvgIpc) is 2.36. The molecule has 22 heavy (non-hydrogen) atoms. The molecule has 1 aromatic rings. The summed E-state index contributed by atoms with van der Waals surface area (Å²) in [6.07, 6.45) is -0.383. The molecule has 0 aliphatic rings. The van der Waals surface area contributed by atoms with Gasteiger partial charge in [-0.1, -0.05) is 6.07 Å². The van der Waals surface area contributed by atoms with E-state index >= 15 is 0 Å². The molecule has 1 amide bonds. The second kappa shape index (κ2) is 7.45. The summed E-state index contributed by atoms with van der Waals surface area (Å²) in [6.45, 7) is 8.29. The summed E-state index contributed by atoms with van der Waals surface area (Å²) in [5.74, 6) is -0.557. The number of carbonyl (C=O) groups excluding carboxylic acids is 1. The highest BCUT2D eigenvalue weighted by molar-refractivity contribution is 5.67. The van der Waals surface area contributed by atoms with Gasteiger partial charge in [0.05, 0.1) is 0 Å². The van der Waals surface area contributed by atoms with Gasteiger partial charge in [0, 0.05) is 37.8 Å². The fourth-order valence-electron chi connectivity index (χ4n) is 1.87. The molecule has 1 rings (SSSR count). The molecular formula is C16H25FN2O3. The molecule has 0 heterocycles. The number of halogens is 1. The van der Waals surface area contributed by atoms with Crippen LogP contribution in [-0.2, 0) is 4.74 Å². The number of carbonyl (C=O) groups is 1. The fourth-order valence-corrected chi connectivity index (χ4v) is 1.87. The second-order valence-electron chi connectivity index (χ2n) is 6.28. The lowest BCUT2D eigenvalue weighted by atomic mass is 10.1. The van der Waals surface area contributed by atoms with Crippen molar-refractivity contribution in [2.45, 2.75) is 39.3 Å². The van der Waals surface area contributed by atoms with Gasteiger partial charge in [0.25, 0.3) is 0 Å². The smallest absolute Gasteiger partial charge is 0.410 e. The van der Waals surface area contributed by atoms with Gasteiger partial charge in [-0.25, -0.2) is 9.18 Å². The number of hydrogen-bond acceptors (Lipinski definition) is 4.